The first-order valence-electron chi connectivity index (χ1n) is 7.88. The Morgan fingerprint density at radius 3 is 2.71 bits per heavy atom. The van der Waals surface area contributed by atoms with Crippen LogP contribution in [-0.4, -0.2) is 6.54 Å². The lowest BCUT2D eigenvalue weighted by atomic mass is 9.92. The molecular weight excluding hydrogens is 262 g/mol. The van der Waals surface area contributed by atoms with E-state index in [4.69, 9.17) is 9.15 Å². The lowest BCUT2D eigenvalue weighted by Crippen LogP contribution is -2.10. The molecule has 1 aromatic heterocycles. The maximum atomic E-state index is 5.86. The molecule has 21 heavy (non-hydrogen) atoms. The number of aryl methyl sites for hydroxylation is 2. The minimum Gasteiger partial charge on any atom is -0.486 e. The normalized spacial score (nSPS) is 14.0. The molecule has 0 aliphatic heterocycles. The summed E-state index contributed by atoms with van der Waals surface area (Å²) in [5.41, 5.74) is 2.94. The molecule has 1 aromatic carbocycles. The molecule has 0 radical (unpaired) electrons. The van der Waals surface area contributed by atoms with Crippen molar-refractivity contribution in [3.63, 3.8) is 0 Å². The number of benzene rings is 1. The maximum absolute atomic E-state index is 5.86. The molecule has 0 bridgehead atoms. The van der Waals surface area contributed by atoms with Crippen molar-refractivity contribution in [1.29, 1.82) is 0 Å². The number of fused-ring (bicyclic) bond motifs is 1. The monoisotopic (exact) mass is 285 g/mol. The standard InChI is InChI=1S/C18H23NO2/c1-2-19-12-17-9-10-18(21-17)13-20-16-8-7-14-5-3-4-6-15(14)11-16/h7-11,19H,2-6,12-13H2,1H3. The Balaban J connectivity index is 1.58. The highest BCUT2D eigenvalue weighted by Crippen LogP contribution is 2.25. The molecule has 0 saturated carbocycles. The summed E-state index contributed by atoms with van der Waals surface area (Å²) in [6.45, 7) is 4.30. The van der Waals surface area contributed by atoms with Crippen LogP contribution in [0.3, 0.4) is 0 Å². The first kappa shape index (κ1) is 14.2. The van der Waals surface area contributed by atoms with Gasteiger partial charge in [0.05, 0.1) is 6.54 Å². The smallest absolute Gasteiger partial charge is 0.146 e. The highest BCUT2D eigenvalue weighted by atomic mass is 16.5. The molecule has 3 rings (SSSR count). The van der Waals surface area contributed by atoms with Gasteiger partial charge in [-0.3, -0.25) is 0 Å². The van der Waals surface area contributed by atoms with E-state index in [1.165, 1.54) is 36.8 Å². The molecule has 1 heterocycles. The Morgan fingerprint density at radius 1 is 1.05 bits per heavy atom. The van der Waals surface area contributed by atoms with Crippen LogP contribution in [0.1, 0.15) is 42.4 Å². The lowest BCUT2D eigenvalue weighted by Gasteiger charge is -2.16. The summed E-state index contributed by atoms with van der Waals surface area (Å²) in [6, 6.07) is 10.5. The van der Waals surface area contributed by atoms with Gasteiger partial charge in [-0.15, -0.1) is 0 Å². The Bertz CT molecular complexity index is 589. The van der Waals surface area contributed by atoms with Crippen molar-refractivity contribution < 1.29 is 9.15 Å². The highest BCUT2D eigenvalue weighted by Gasteiger charge is 2.10. The zero-order valence-electron chi connectivity index (χ0n) is 12.7. The molecule has 112 valence electrons. The van der Waals surface area contributed by atoms with E-state index < -0.39 is 0 Å². The van der Waals surface area contributed by atoms with Gasteiger partial charge in [-0.1, -0.05) is 13.0 Å². The van der Waals surface area contributed by atoms with Crippen LogP contribution >= 0.6 is 0 Å². The number of furan rings is 1. The zero-order valence-corrected chi connectivity index (χ0v) is 12.7. The number of rotatable bonds is 6. The molecule has 1 N–H and O–H groups in total. The Hall–Kier alpha value is -1.74. The molecule has 0 saturated heterocycles. The summed E-state index contributed by atoms with van der Waals surface area (Å²) in [5, 5.41) is 3.25. The fourth-order valence-electron chi connectivity index (χ4n) is 2.80. The first-order valence-corrected chi connectivity index (χ1v) is 7.88. The van der Waals surface area contributed by atoms with E-state index in [9.17, 15) is 0 Å². The number of nitrogens with one attached hydrogen (secondary N) is 1. The summed E-state index contributed by atoms with van der Waals surface area (Å²) in [7, 11) is 0. The second-order valence-corrected chi connectivity index (χ2v) is 5.57. The molecule has 1 aliphatic carbocycles. The summed E-state index contributed by atoms with van der Waals surface area (Å²) < 4.78 is 11.6. The van der Waals surface area contributed by atoms with Crippen molar-refractivity contribution in [3.05, 3.63) is 53.0 Å². The van der Waals surface area contributed by atoms with Crippen LogP contribution in [0.2, 0.25) is 0 Å². The van der Waals surface area contributed by atoms with Crippen molar-refractivity contribution >= 4 is 0 Å². The van der Waals surface area contributed by atoms with Gasteiger partial charge in [0.2, 0.25) is 0 Å². The van der Waals surface area contributed by atoms with Crippen LogP contribution in [0, 0.1) is 0 Å². The summed E-state index contributed by atoms with van der Waals surface area (Å²) in [5.74, 6) is 2.78. The van der Waals surface area contributed by atoms with Crippen LogP contribution in [0.5, 0.6) is 5.75 Å². The number of ether oxygens (including phenoxy) is 1. The van der Waals surface area contributed by atoms with Gasteiger partial charge >= 0.3 is 0 Å². The third-order valence-corrected chi connectivity index (χ3v) is 3.97. The maximum Gasteiger partial charge on any atom is 0.146 e. The van der Waals surface area contributed by atoms with Crippen molar-refractivity contribution in [2.45, 2.75) is 45.8 Å². The van der Waals surface area contributed by atoms with Gasteiger partial charge < -0.3 is 14.5 Å². The van der Waals surface area contributed by atoms with E-state index >= 15 is 0 Å². The molecule has 0 fully saturated rings. The predicted molar refractivity (Wildman–Crippen MR) is 83.5 cm³/mol. The molecule has 0 amide bonds. The molecule has 0 unspecified atom stereocenters. The molecule has 0 atom stereocenters. The Kier molecular flexibility index (Phi) is 4.61. The molecule has 3 nitrogen and oxygen atoms in total. The van der Waals surface area contributed by atoms with Crippen LogP contribution in [0.4, 0.5) is 0 Å². The second kappa shape index (κ2) is 6.81. The minimum absolute atomic E-state index is 0.491. The van der Waals surface area contributed by atoms with E-state index in [1.807, 2.05) is 12.1 Å². The van der Waals surface area contributed by atoms with Crippen molar-refractivity contribution in [3.8, 4) is 5.75 Å². The molecule has 0 spiro atoms. The van der Waals surface area contributed by atoms with Crippen LogP contribution in [0.25, 0.3) is 0 Å². The van der Waals surface area contributed by atoms with E-state index in [0.717, 1.165) is 30.4 Å². The van der Waals surface area contributed by atoms with E-state index in [1.54, 1.807) is 0 Å². The SMILES string of the molecule is CCNCc1ccc(COc2ccc3c(c2)CCCC3)o1. The van der Waals surface area contributed by atoms with E-state index in [-0.39, 0.29) is 0 Å². The van der Waals surface area contributed by atoms with Gasteiger partial charge in [0.15, 0.2) is 0 Å². The quantitative estimate of drug-likeness (QED) is 0.875. The Labute approximate surface area is 126 Å². The third kappa shape index (κ3) is 3.67. The fourth-order valence-corrected chi connectivity index (χ4v) is 2.80. The van der Waals surface area contributed by atoms with Gasteiger partial charge in [-0.05, 0) is 67.6 Å². The van der Waals surface area contributed by atoms with Crippen LogP contribution in [0.15, 0.2) is 34.7 Å². The second-order valence-electron chi connectivity index (χ2n) is 5.57. The first-order chi connectivity index (χ1) is 10.3. The number of hydrogen-bond donors (Lipinski definition) is 1. The predicted octanol–water partition coefficient (Wildman–Crippen LogP) is 3.85. The lowest BCUT2D eigenvalue weighted by molar-refractivity contribution is 0.265. The van der Waals surface area contributed by atoms with Gasteiger partial charge in [-0.2, -0.15) is 0 Å². The molecule has 2 aromatic rings. The summed E-state index contributed by atoms with van der Waals surface area (Å²) >= 11 is 0. The average Bonchev–Trinajstić information content (AvgIpc) is 2.98. The van der Waals surface area contributed by atoms with Crippen LogP contribution in [-0.2, 0) is 26.0 Å². The van der Waals surface area contributed by atoms with Crippen molar-refractivity contribution in [1.82, 2.24) is 5.32 Å². The van der Waals surface area contributed by atoms with Crippen molar-refractivity contribution in [2.75, 3.05) is 6.54 Å². The number of hydrogen-bond acceptors (Lipinski definition) is 3. The van der Waals surface area contributed by atoms with E-state index in [0.29, 0.717) is 6.61 Å². The molecule has 1 aliphatic rings. The Morgan fingerprint density at radius 2 is 1.86 bits per heavy atom. The third-order valence-electron chi connectivity index (χ3n) is 3.97. The van der Waals surface area contributed by atoms with E-state index in [2.05, 4.69) is 30.4 Å². The minimum atomic E-state index is 0.491. The largest absolute Gasteiger partial charge is 0.486 e. The topological polar surface area (TPSA) is 34.4 Å². The zero-order chi connectivity index (χ0) is 14.5. The highest BCUT2D eigenvalue weighted by molar-refractivity contribution is 5.37. The van der Waals surface area contributed by atoms with Crippen molar-refractivity contribution in [2.24, 2.45) is 0 Å². The fraction of sp³-hybridized carbons (Fsp3) is 0.444. The van der Waals surface area contributed by atoms with Gasteiger partial charge in [-0.25, -0.2) is 0 Å². The van der Waals surface area contributed by atoms with Gasteiger partial charge in [0.25, 0.3) is 0 Å². The summed E-state index contributed by atoms with van der Waals surface area (Å²) in [4.78, 5) is 0. The van der Waals surface area contributed by atoms with Gasteiger partial charge in [0.1, 0.15) is 23.9 Å². The molecular formula is C18H23NO2. The summed E-state index contributed by atoms with van der Waals surface area (Å²) in [6.07, 6.45) is 5.00. The van der Waals surface area contributed by atoms with Gasteiger partial charge in [0, 0.05) is 0 Å². The average molecular weight is 285 g/mol. The van der Waals surface area contributed by atoms with Crippen LogP contribution < -0.4 is 10.1 Å². The molecule has 3 heteroatoms.